The van der Waals surface area contributed by atoms with Crippen molar-refractivity contribution in [1.29, 1.82) is 0 Å². The predicted molar refractivity (Wildman–Crippen MR) is 158 cm³/mol. The molecule has 0 atom stereocenters. The van der Waals surface area contributed by atoms with Gasteiger partial charge in [0.25, 0.3) is 20.0 Å². The fourth-order valence-corrected chi connectivity index (χ4v) is 7.11. The Bertz CT molecular complexity index is 1700. The number of sulfonamides is 2. The zero-order valence-electron chi connectivity index (χ0n) is 21.8. The van der Waals surface area contributed by atoms with Crippen LogP contribution in [0, 0.1) is 0 Å². The van der Waals surface area contributed by atoms with Crippen LogP contribution in [0.25, 0.3) is 10.8 Å². The van der Waals surface area contributed by atoms with Gasteiger partial charge in [-0.3, -0.25) is 9.44 Å². The number of nitrogens with one attached hydrogen (secondary N) is 3. The SMILES string of the molecule is CN(C)c1cccc2c(S(=O)(=O)Nc3ccc(N4CCNCC4)cc3NS(=O)(=O)c3ccccc3)cccc12. The Morgan fingerprint density at radius 1 is 0.718 bits per heavy atom. The Hall–Kier alpha value is -3.80. The molecule has 0 spiro atoms. The fourth-order valence-electron chi connectivity index (χ4n) is 4.72. The summed E-state index contributed by atoms with van der Waals surface area (Å²) in [5.41, 5.74) is 1.97. The van der Waals surface area contributed by atoms with Gasteiger partial charge in [0, 0.05) is 62.4 Å². The van der Waals surface area contributed by atoms with E-state index in [1.54, 1.807) is 54.6 Å². The van der Waals surface area contributed by atoms with E-state index in [9.17, 15) is 16.8 Å². The lowest BCUT2D eigenvalue weighted by Gasteiger charge is -2.30. The monoisotopic (exact) mass is 565 g/mol. The van der Waals surface area contributed by atoms with Crippen LogP contribution in [0.1, 0.15) is 0 Å². The summed E-state index contributed by atoms with van der Waals surface area (Å²) in [5.74, 6) is 0. The lowest BCUT2D eigenvalue weighted by atomic mass is 10.1. The summed E-state index contributed by atoms with van der Waals surface area (Å²) in [6.07, 6.45) is 0. The van der Waals surface area contributed by atoms with Crippen LogP contribution in [0.2, 0.25) is 0 Å². The number of hydrogen-bond donors (Lipinski definition) is 3. The van der Waals surface area contributed by atoms with E-state index in [1.807, 2.05) is 37.2 Å². The Morgan fingerprint density at radius 3 is 2.10 bits per heavy atom. The Kier molecular flexibility index (Phi) is 7.39. The van der Waals surface area contributed by atoms with Crippen molar-refractivity contribution in [2.24, 2.45) is 0 Å². The highest BCUT2D eigenvalue weighted by atomic mass is 32.2. The van der Waals surface area contributed by atoms with Gasteiger partial charge in [0.1, 0.15) is 0 Å². The minimum absolute atomic E-state index is 0.0802. The molecular formula is C28H31N5O4S2. The molecule has 0 aliphatic carbocycles. The van der Waals surface area contributed by atoms with Gasteiger partial charge in [-0.2, -0.15) is 0 Å². The zero-order valence-corrected chi connectivity index (χ0v) is 23.4. The molecule has 4 aromatic carbocycles. The van der Waals surface area contributed by atoms with Crippen LogP contribution in [0.3, 0.4) is 0 Å². The molecule has 0 bridgehead atoms. The van der Waals surface area contributed by atoms with Gasteiger partial charge in [0.15, 0.2) is 0 Å². The van der Waals surface area contributed by atoms with E-state index in [1.165, 1.54) is 12.1 Å². The van der Waals surface area contributed by atoms with Crippen molar-refractivity contribution >= 4 is 53.6 Å². The van der Waals surface area contributed by atoms with Crippen LogP contribution < -0.4 is 24.6 Å². The smallest absolute Gasteiger partial charge is 0.262 e. The number of piperazine rings is 1. The van der Waals surface area contributed by atoms with Gasteiger partial charge >= 0.3 is 0 Å². The molecule has 0 aromatic heterocycles. The Labute approximate surface area is 229 Å². The minimum atomic E-state index is -4.09. The average molecular weight is 566 g/mol. The molecule has 5 rings (SSSR count). The van der Waals surface area contributed by atoms with Crippen molar-refractivity contribution in [3.63, 3.8) is 0 Å². The van der Waals surface area contributed by atoms with Gasteiger partial charge in [-0.1, -0.05) is 42.5 Å². The van der Waals surface area contributed by atoms with Crippen molar-refractivity contribution in [3.05, 3.63) is 84.9 Å². The lowest BCUT2D eigenvalue weighted by Crippen LogP contribution is -2.43. The topological polar surface area (TPSA) is 111 Å². The van der Waals surface area contributed by atoms with E-state index in [4.69, 9.17) is 0 Å². The number of anilines is 4. The second-order valence-electron chi connectivity index (χ2n) is 9.51. The summed E-state index contributed by atoms with van der Waals surface area (Å²) in [4.78, 5) is 4.24. The first-order valence-corrected chi connectivity index (χ1v) is 15.5. The molecule has 0 amide bonds. The second kappa shape index (κ2) is 10.8. The van der Waals surface area contributed by atoms with E-state index < -0.39 is 20.0 Å². The average Bonchev–Trinajstić information content (AvgIpc) is 2.94. The first-order valence-electron chi connectivity index (χ1n) is 12.6. The molecule has 1 saturated heterocycles. The van der Waals surface area contributed by atoms with Crippen LogP contribution in [0.4, 0.5) is 22.7 Å². The summed E-state index contributed by atoms with van der Waals surface area (Å²) >= 11 is 0. The Balaban J connectivity index is 1.57. The number of hydrogen-bond acceptors (Lipinski definition) is 7. The molecule has 1 aliphatic rings. The maximum atomic E-state index is 13.8. The van der Waals surface area contributed by atoms with E-state index in [0.29, 0.717) is 5.39 Å². The third-order valence-electron chi connectivity index (χ3n) is 6.66. The molecular weight excluding hydrogens is 534 g/mol. The molecule has 1 aliphatic heterocycles. The molecule has 11 heteroatoms. The molecule has 3 N–H and O–H groups in total. The molecule has 204 valence electrons. The van der Waals surface area contributed by atoms with Gasteiger partial charge < -0.3 is 15.1 Å². The molecule has 0 unspecified atom stereocenters. The fraction of sp³-hybridized carbons (Fsp3) is 0.214. The van der Waals surface area contributed by atoms with Crippen LogP contribution in [0.15, 0.2) is 94.7 Å². The van der Waals surface area contributed by atoms with E-state index in [0.717, 1.165) is 42.9 Å². The minimum Gasteiger partial charge on any atom is -0.377 e. The summed E-state index contributed by atoms with van der Waals surface area (Å²) in [5, 5.41) is 4.66. The van der Waals surface area contributed by atoms with Gasteiger partial charge in [-0.15, -0.1) is 0 Å². The van der Waals surface area contributed by atoms with Crippen LogP contribution in [-0.4, -0.2) is 57.1 Å². The maximum absolute atomic E-state index is 13.8. The first kappa shape index (κ1) is 26.8. The van der Waals surface area contributed by atoms with E-state index >= 15 is 0 Å². The molecule has 4 aromatic rings. The van der Waals surface area contributed by atoms with Gasteiger partial charge in [0.05, 0.1) is 21.2 Å². The summed E-state index contributed by atoms with van der Waals surface area (Å²) < 4.78 is 59.2. The summed E-state index contributed by atoms with van der Waals surface area (Å²) in [6, 6.07) is 23.7. The van der Waals surface area contributed by atoms with Crippen molar-refractivity contribution in [1.82, 2.24) is 5.32 Å². The van der Waals surface area contributed by atoms with Crippen molar-refractivity contribution in [2.75, 3.05) is 59.5 Å². The quantitative estimate of drug-likeness (QED) is 0.297. The second-order valence-corrected chi connectivity index (χ2v) is 12.8. The molecule has 9 nitrogen and oxygen atoms in total. The third-order valence-corrected chi connectivity index (χ3v) is 9.46. The number of benzene rings is 4. The highest BCUT2D eigenvalue weighted by Gasteiger charge is 2.23. The summed E-state index contributed by atoms with van der Waals surface area (Å²) in [7, 11) is -4.26. The molecule has 39 heavy (non-hydrogen) atoms. The van der Waals surface area contributed by atoms with Gasteiger partial charge in [0.2, 0.25) is 0 Å². The maximum Gasteiger partial charge on any atom is 0.262 e. The van der Waals surface area contributed by atoms with Crippen molar-refractivity contribution in [3.8, 4) is 0 Å². The first-order chi connectivity index (χ1) is 18.7. The largest absolute Gasteiger partial charge is 0.377 e. The van der Waals surface area contributed by atoms with E-state index in [2.05, 4.69) is 19.7 Å². The van der Waals surface area contributed by atoms with Crippen LogP contribution >= 0.6 is 0 Å². The summed E-state index contributed by atoms with van der Waals surface area (Å²) in [6.45, 7) is 3.10. The molecule has 0 saturated carbocycles. The van der Waals surface area contributed by atoms with E-state index in [-0.39, 0.29) is 21.2 Å². The molecule has 1 heterocycles. The Morgan fingerprint density at radius 2 is 1.38 bits per heavy atom. The van der Waals surface area contributed by atoms with Gasteiger partial charge in [-0.05, 0) is 42.5 Å². The highest BCUT2D eigenvalue weighted by molar-refractivity contribution is 7.93. The van der Waals surface area contributed by atoms with Crippen molar-refractivity contribution < 1.29 is 16.8 Å². The van der Waals surface area contributed by atoms with Crippen LogP contribution in [0.5, 0.6) is 0 Å². The highest BCUT2D eigenvalue weighted by Crippen LogP contribution is 2.34. The molecule has 1 fully saturated rings. The lowest BCUT2D eigenvalue weighted by molar-refractivity contribution is 0.589. The standard InChI is InChI=1S/C28H31N5O4S2/c1-32(2)27-12-6-11-24-23(27)10-7-13-28(24)39(36,37)30-25-15-14-21(33-18-16-29-17-19-33)20-26(25)31-38(34,35)22-8-4-3-5-9-22/h3-15,20,29-31H,16-19H2,1-2H3. The number of fused-ring (bicyclic) bond motifs is 1. The molecule has 0 radical (unpaired) electrons. The van der Waals surface area contributed by atoms with Gasteiger partial charge in [-0.25, -0.2) is 16.8 Å². The number of rotatable bonds is 8. The van der Waals surface area contributed by atoms with Crippen molar-refractivity contribution in [2.45, 2.75) is 9.79 Å². The zero-order chi connectivity index (χ0) is 27.6. The predicted octanol–water partition coefficient (Wildman–Crippen LogP) is 3.92. The normalized spacial score (nSPS) is 14.3. The van der Waals surface area contributed by atoms with Crippen LogP contribution in [-0.2, 0) is 20.0 Å². The number of nitrogens with zero attached hydrogens (tertiary/aromatic N) is 2. The third kappa shape index (κ3) is 5.65.